The highest BCUT2D eigenvalue weighted by Gasteiger charge is 2.54. The van der Waals surface area contributed by atoms with Crippen LogP contribution in [0, 0.1) is 33.8 Å². The Balaban J connectivity index is 1.50. The molecule has 3 aliphatic heterocycles. The van der Waals surface area contributed by atoms with Gasteiger partial charge in [-0.2, -0.15) is 0 Å². The molecule has 0 unspecified atom stereocenters. The van der Waals surface area contributed by atoms with E-state index in [9.17, 15) is 40.1 Å². The molecule has 0 amide bonds. The number of hydrogen-bond acceptors (Lipinski definition) is 18. The molecule has 0 bridgehead atoms. The number of nitro groups is 1. The number of aliphatic hydroxyl groups is 4. The lowest BCUT2D eigenvalue weighted by atomic mass is 9.74. The van der Waals surface area contributed by atoms with Crippen LogP contribution in [0.15, 0.2) is 30.5 Å². The second kappa shape index (κ2) is 22.0. The number of ketones is 1. The summed E-state index contributed by atoms with van der Waals surface area (Å²) in [7, 11) is 4.84. The summed E-state index contributed by atoms with van der Waals surface area (Å²) in [4.78, 5) is 41.5. The average molecular weight is 950 g/mol. The van der Waals surface area contributed by atoms with Gasteiger partial charge >= 0.3 is 5.97 Å². The Morgan fingerprint density at radius 3 is 2.25 bits per heavy atom. The van der Waals surface area contributed by atoms with Crippen molar-refractivity contribution in [1.29, 1.82) is 0 Å². The van der Waals surface area contributed by atoms with Crippen molar-refractivity contribution in [3.63, 3.8) is 0 Å². The highest BCUT2D eigenvalue weighted by molar-refractivity contribution is 5.83. The van der Waals surface area contributed by atoms with E-state index in [1.54, 1.807) is 59.9 Å². The Kier molecular flexibility index (Phi) is 17.9. The largest absolute Gasteiger partial charge is 0.459 e. The fourth-order valence-corrected chi connectivity index (χ4v) is 10.3. The van der Waals surface area contributed by atoms with Gasteiger partial charge in [0.05, 0.1) is 70.1 Å². The number of likely N-dealkylation sites (N-methyl/N-ethyl adjacent to an activating group) is 1. The van der Waals surface area contributed by atoms with E-state index in [1.807, 2.05) is 25.8 Å². The standard InChI is InChI=1S/C47H75N5O15/c1-14-35-47(10,58)40(55)27(4)37(53)25(2)22-46(9,62-13)42(28(5)39(29(6)43(57)65-35)66-36-23-45(8,61-12)41(56)30(7)64-36)67-44-38(54)34(20-26(3)63-44)50(11)19-18-31-24-51(49-48-31)32-16-15-17-33(21-32)52(59)60/h15-17,21,24-30,34-36,38-42,44,54-56,58H,14,18-20,22-23H2,1-13H3/t25-,26-,27+,28+,29-,30+,34+,35-,36+,38-,39+,40-,41+,42-,44+,45-,46-,47-/m1/s1. The number of nitrogens with zero attached hydrogens (tertiary/aromatic N) is 5. The number of carbonyl (C=O) groups is 2. The molecule has 4 N–H and O–H groups in total. The lowest BCUT2D eigenvalue weighted by Gasteiger charge is -2.50. The molecule has 1 aromatic heterocycles. The molecule has 378 valence electrons. The van der Waals surface area contributed by atoms with Crippen molar-refractivity contribution in [2.75, 3.05) is 27.8 Å². The second-order valence-electron chi connectivity index (χ2n) is 19.8. The lowest BCUT2D eigenvalue weighted by Crippen LogP contribution is -2.61. The van der Waals surface area contributed by atoms with Gasteiger partial charge in [-0.05, 0) is 73.9 Å². The number of aromatic nitrogens is 3. The normalized spacial score (nSPS) is 40.6. The van der Waals surface area contributed by atoms with Crippen LogP contribution in [-0.4, -0.2) is 169 Å². The lowest BCUT2D eigenvalue weighted by molar-refractivity contribution is -0.384. The van der Waals surface area contributed by atoms with E-state index in [1.165, 1.54) is 44.9 Å². The van der Waals surface area contributed by atoms with Crippen LogP contribution in [0.3, 0.4) is 0 Å². The van der Waals surface area contributed by atoms with Crippen molar-refractivity contribution in [1.82, 2.24) is 19.9 Å². The van der Waals surface area contributed by atoms with Crippen LogP contribution >= 0.6 is 0 Å². The number of hydrogen-bond donors (Lipinski definition) is 4. The van der Waals surface area contributed by atoms with Crippen molar-refractivity contribution in [3.05, 3.63) is 46.3 Å². The monoisotopic (exact) mass is 950 g/mol. The summed E-state index contributed by atoms with van der Waals surface area (Å²) in [6.45, 7) is 17.3. The van der Waals surface area contributed by atoms with Gasteiger partial charge in [-0.15, -0.1) is 5.10 Å². The number of esters is 1. The van der Waals surface area contributed by atoms with Gasteiger partial charge in [0.2, 0.25) is 0 Å². The number of nitro benzene ring substituents is 1. The SMILES string of the molecule is CC[C@H]1OC(=O)[C@H](C)[C@@H](O[C@H]2C[C@@](C)(OC)[C@@H](O)[C@H](C)O2)[C@H](C)[C@@H](O[C@@H]2O[C@H](C)C[C@H](N(C)CCc3cn(-c4cccc([N+](=O)[O-])c4)nn3)[C@H]2O)[C@](C)(OC)C[C@@H](C)C(=O)[C@H](C)[C@@H](O)[C@]1(C)O. The third-order valence-electron chi connectivity index (χ3n) is 14.7. The first-order valence-corrected chi connectivity index (χ1v) is 23.4. The number of cyclic esters (lactones) is 1. The minimum Gasteiger partial charge on any atom is -0.459 e. The maximum absolute atomic E-state index is 14.4. The van der Waals surface area contributed by atoms with E-state index in [4.69, 9.17) is 33.2 Å². The molecule has 0 aliphatic carbocycles. The van der Waals surface area contributed by atoms with Gasteiger partial charge in [0, 0.05) is 69.5 Å². The van der Waals surface area contributed by atoms with Gasteiger partial charge in [-0.1, -0.05) is 39.0 Å². The fraction of sp³-hybridized carbons (Fsp3) is 0.787. The van der Waals surface area contributed by atoms with Crippen molar-refractivity contribution in [2.45, 2.75) is 186 Å². The molecule has 3 saturated heterocycles. The molecule has 4 heterocycles. The van der Waals surface area contributed by atoms with Gasteiger partial charge in [0.1, 0.15) is 29.7 Å². The number of Topliss-reactive ketones (excluding diaryl/α,β-unsaturated/α-hetero) is 1. The van der Waals surface area contributed by atoms with Gasteiger partial charge in [0.25, 0.3) is 5.69 Å². The topological polar surface area (TPSA) is 257 Å². The molecule has 0 spiro atoms. The number of non-ortho nitro benzene ring substituents is 1. The van der Waals surface area contributed by atoms with E-state index in [2.05, 4.69) is 10.3 Å². The number of benzene rings is 1. The van der Waals surface area contributed by atoms with Gasteiger partial charge in [-0.3, -0.25) is 19.7 Å². The van der Waals surface area contributed by atoms with Crippen LogP contribution in [0.25, 0.3) is 5.69 Å². The molecule has 18 atom stereocenters. The van der Waals surface area contributed by atoms with Crippen molar-refractivity contribution in [3.8, 4) is 5.69 Å². The minimum absolute atomic E-state index is 0.0446. The summed E-state index contributed by atoms with van der Waals surface area (Å²) in [6, 6.07) is 5.60. The number of ether oxygens (including phenoxy) is 7. The Morgan fingerprint density at radius 2 is 1.63 bits per heavy atom. The molecular formula is C47H75N5O15. The van der Waals surface area contributed by atoms with Crippen molar-refractivity contribution < 1.29 is 68.1 Å². The Hall–Kier alpha value is -3.54. The third kappa shape index (κ3) is 11.9. The van der Waals surface area contributed by atoms with Crippen LogP contribution in [-0.2, 0) is 49.2 Å². The predicted molar refractivity (Wildman–Crippen MR) is 242 cm³/mol. The summed E-state index contributed by atoms with van der Waals surface area (Å²) in [5.74, 6) is -4.84. The summed E-state index contributed by atoms with van der Waals surface area (Å²) in [5.41, 5.74) is -3.41. The summed E-state index contributed by atoms with van der Waals surface area (Å²) < 4.78 is 46.0. The molecule has 0 radical (unpaired) electrons. The summed E-state index contributed by atoms with van der Waals surface area (Å²) in [6.07, 6.45) is -7.79. The Bertz CT molecular complexity index is 1990. The van der Waals surface area contributed by atoms with E-state index in [0.29, 0.717) is 30.8 Å². The van der Waals surface area contributed by atoms with Gasteiger partial charge in [0.15, 0.2) is 12.6 Å². The quantitative estimate of drug-likeness (QED) is 0.127. The number of carbonyl (C=O) groups excluding carboxylic acids is 2. The molecule has 2 aromatic rings. The van der Waals surface area contributed by atoms with Gasteiger partial charge < -0.3 is 58.5 Å². The highest BCUT2D eigenvalue weighted by atomic mass is 16.7. The number of rotatable bonds is 13. The first-order chi connectivity index (χ1) is 31.3. The Morgan fingerprint density at radius 1 is 0.955 bits per heavy atom. The molecule has 67 heavy (non-hydrogen) atoms. The first-order valence-electron chi connectivity index (χ1n) is 23.4. The molecule has 3 fully saturated rings. The maximum atomic E-state index is 14.4. The zero-order valence-corrected chi connectivity index (χ0v) is 41.3. The van der Waals surface area contributed by atoms with Crippen LogP contribution < -0.4 is 0 Å². The van der Waals surface area contributed by atoms with Crippen LogP contribution in [0.5, 0.6) is 0 Å². The predicted octanol–water partition coefficient (Wildman–Crippen LogP) is 3.54. The van der Waals surface area contributed by atoms with E-state index in [-0.39, 0.29) is 30.7 Å². The van der Waals surface area contributed by atoms with Crippen LogP contribution in [0.1, 0.15) is 101 Å². The minimum atomic E-state index is -2.01. The summed E-state index contributed by atoms with van der Waals surface area (Å²) in [5, 5.41) is 66.4. The second-order valence-corrected chi connectivity index (χ2v) is 19.8. The van der Waals surface area contributed by atoms with Crippen molar-refractivity contribution in [2.24, 2.45) is 23.7 Å². The molecule has 1 aromatic carbocycles. The molecule has 5 rings (SSSR count). The van der Waals surface area contributed by atoms with Crippen molar-refractivity contribution >= 4 is 17.4 Å². The highest BCUT2D eigenvalue weighted by Crippen LogP contribution is 2.42. The molecule has 20 heteroatoms. The first kappa shape index (κ1) is 54.4. The molecule has 0 saturated carbocycles. The van der Waals surface area contributed by atoms with E-state index >= 15 is 0 Å². The Labute approximate surface area is 393 Å². The van der Waals surface area contributed by atoms with Crippen LogP contribution in [0.2, 0.25) is 0 Å². The third-order valence-corrected chi connectivity index (χ3v) is 14.7. The van der Waals surface area contributed by atoms with E-state index < -0.39 is 119 Å². The number of aliphatic hydroxyl groups excluding tert-OH is 3. The number of methoxy groups -OCH3 is 2. The molecular weight excluding hydrogens is 875 g/mol. The fourth-order valence-electron chi connectivity index (χ4n) is 10.3. The molecule has 20 nitrogen and oxygen atoms in total. The van der Waals surface area contributed by atoms with Gasteiger partial charge in [-0.25, -0.2) is 4.68 Å². The smallest absolute Gasteiger partial charge is 0.311 e. The van der Waals surface area contributed by atoms with Crippen LogP contribution in [0.4, 0.5) is 5.69 Å². The summed E-state index contributed by atoms with van der Waals surface area (Å²) >= 11 is 0. The average Bonchev–Trinajstić information content (AvgIpc) is 3.78. The zero-order valence-electron chi connectivity index (χ0n) is 41.3. The molecule has 3 aliphatic rings. The maximum Gasteiger partial charge on any atom is 0.311 e. The zero-order chi connectivity index (χ0) is 49.9. The van der Waals surface area contributed by atoms with E-state index in [0.717, 1.165) is 0 Å².